The molecule has 1 unspecified atom stereocenters. The van der Waals surface area contributed by atoms with Crippen LogP contribution in [0.2, 0.25) is 0 Å². The largest absolute Gasteiger partial charge is 0.457 e. The summed E-state index contributed by atoms with van der Waals surface area (Å²) in [5.41, 5.74) is 1.10. The second-order valence-electron chi connectivity index (χ2n) is 3.88. The van der Waals surface area contributed by atoms with Crippen molar-refractivity contribution < 1.29 is 4.74 Å². The summed E-state index contributed by atoms with van der Waals surface area (Å²) in [6.45, 7) is 2.00. The summed E-state index contributed by atoms with van der Waals surface area (Å²) in [7, 11) is 0. The van der Waals surface area contributed by atoms with Gasteiger partial charge in [0.25, 0.3) is 0 Å². The maximum absolute atomic E-state index is 5.75. The Bertz CT molecular complexity index is 523. The summed E-state index contributed by atoms with van der Waals surface area (Å²) in [5.74, 6) is 4.47. The lowest BCUT2D eigenvalue weighted by Gasteiger charge is -2.09. The van der Waals surface area contributed by atoms with E-state index in [1.54, 1.807) is 0 Å². The lowest BCUT2D eigenvalue weighted by atomic mass is 10.0. The lowest BCUT2D eigenvalue weighted by molar-refractivity contribution is 0.482. The van der Waals surface area contributed by atoms with Gasteiger partial charge in [0.2, 0.25) is 0 Å². The van der Waals surface area contributed by atoms with Crippen LogP contribution in [0.4, 0.5) is 0 Å². The van der Waals surface area contributed by atoms with Crippen LogP contribution in [0.15, 0.2) is 54.6 Å². The third-order valence-electron chi connectivity index (χ3n) is 2.59. The molecular formula is C16H14O. The number of rotatable bonds is 3. The second-order valence-corrected chi connectivity index (χ2v) is 3.88. The van der Waals surface area contributed by atoms with Crippen LogP contribution in [-0.2, 0) is 0 Å². The van der Waals surface area contributed by atoms with Crippen molar-refractivity contribution in [3.8, 4) is 23.8 Å². The SMILES string of the molecule is C#CC(C)c1cccc(Oc2ccccc2)c1. The molecule has 0 aliphatic heterocycles. The van der Waals surface area contributed by atoms with E-state index in [1.807, 2.05) is 61.5 Å². The molecule has 0 aliphatic carbocycles. The summed E-state index contributed by atoms with van der Waals surface area (Å²) in [4.78, 5) is 0. The average molecular weight is 222 g/mol. The van der Waals surface area contributed by atoms with E-state index >= 15 is 0 Å². The van der Waals surface area contributed by atoms with Gasteiger partial charge in [0.1, 0.15) is 11.5 Å². The number of hydrogen-bond donors (Lipinski definition) is 0. The van der Waals surface area contributed by atoms with Crippen LogP contribution in [0.25, 0.3) is 0 Å². The molecule has 2 aromatic rings. The Balaban J connectivity index is 2.20. The highest BCUT2D eigenvalue weighted by molar-refractivity contribution is 5.36. The van der Waals surface area contributed by atoms with Crippen LogP contribution < -0.4 is 4.74 Å². The zero-order valence-electron chi connectivity index (χ0n) is 9.76. The topological polar surface area (TPSA) is 9.23 Å². The fourth-order valence-corrected chi connectivity index (χ4v) is 1.57. The quantitative estimate of drug-likeness (QED) is 0.707. The molecule has 17 heavy (non-hydrogen) atoms. The highest BCUT2D eigenvalue weighted by Gasteiger charge is 2.03. The number of benzene rings is 2. The van der Waals surface area contributed by atoms with Gasteiger partial charge in [-0.1, -0.05) is 36.3 Å². The maximum atomic E-state index is 5.75. The van der Waals surface area contributed by atoms with Gasteiger partial charge >= 0.3 is 0 Å². The number of para-hydroxylation sites is 1. The number of ether oxygens (including phenoxy) is 1. The molecule has 0 N–H and O–H groups in total. The van der Waals surface area contributed by atoms with E-state index in [4.69, 9.17) is 11.2 Å². The van der Waals surface area contributed by atoms with Gasteiger partial charge in [0.05, 0.1) is 0 Å². The monoisotopic (exact) mass is 222 g/mol. The molecule has 0 fully saturated rings. The van der Waals surface area contributed by atoms with Crippen LogP contribution in [0.1, 0.15) is 18.4 Å². The van der Waals surface area contributed by atoms with Crippen LogP contribution in [0.3, 0.4) is 0 Å². The molecular weight excluding hydrogens is 208 g/mol. The van der Waals surface area contributed by atoms with Gasteiger partial charge in [-0.25, -0.2) is 0 Å². The van der Waals surface area contributed by atoms with Gasteiger partial charge in [0.15, 0.2) is 0 Å². The lowest BCUT2D eigenvalue weighted by Crippen LogP contribution is -1.90. The first-order valence-corrected chi connectivity index (χ1v) is 5.58. The van der Waals surface area contributed by atoms with Crippen molar-refractivity contribution in [1.29, 1.82) is 0 Å². The molecule has 0 aromatic heterocycles. The first kappa shape index (κ1) is 11.3. The molecule has 0 heterocycles. The van der Waals surface area contributed by atoms with Gasteiger partial charge in [-0.05, 0) is 36.8 Å². The van der Waals surface area contributed by atoms with Gasteiger partial charge in [-0.15, -0.1) is 6.42 Å². The standard InChI is InChI=1S/C16H14O/c1-3-13(2)14-8-7-11-16(12-14)17-15-9-5-4-6-10-15/h1,4-13H,2H3. The zero-order valence-corrected chi connectivity index (χ0v) is 9.76. The third kappa shape index (κ3) is 2.89. The maximum Gasteiger partial charge on any atom is 0.127 e. The number of hydrogen-bond acceptors (Lipinski definition) is 1. The summed E-state index contributed by atoms with van der Waals surface area (Å²) in [6, 6.07) is 17.6. The van der Waals surface area contributed by atoms with Crippen molar-refractivity contribution in [1.82, 2.24) is 0 Å². The minimum absolute atomic E-state index is 0.106. The Morgan fingerprint density at radius 1 is 1.00 bits per heavy atom. The van der Waals surface area contributed by atoms with E-state index < -0.39 is 0 Å². The van der Waals surface area contributed by atoms with E-state index in [-0.39, 0.29) is 5.92 Å². The Morgan fingerprint density at radius 3 is 2.41 bits per heavy atom. The molecule has 0 spiro atoms. The van der Waals surface area contributed by atoms with Crippen molar-refractivity contribution in [3.05, 3.63) is 60.2 Å². The van der Waals surface area contributed by atoms with Crippen molar-refractivity contribution in [2.75, 3.05) is 0 Å². The molecule has 0 bridgehead atoms. The summed E-state index contributed by atoms with van der Waals surface area (Å²) < 4.78 is 5.75. The fraction of sp³-hybridized carbons (Fsp3) is 0.125. The molecule has 2 aromatic carbocycles. The highest BCUT2D eigenvalue weighted by atomic mass is 16.5. The van der Waals surface area contributed by atoms with E-state index in [0.29, 0.717) is 0 Å². The zero-order chi connectivity index (χ0) is 12.1. The molecule has 2 rings (SSSR count). The van der Waals surface area contributed by atoms with Crippen molar-refractivity contribution in [3.63, 3.8) is 0 Å². The van der Waals surface area contributed by atoms with Crippen molar-refractivity contribution in [2.45, 2.75) is 12.8 Å². The van der Waals surface area contributed by atoms with Gasteiger partial charge in [-0.3, -0.25) is 0 Å². The molecule has 1 nitrogen and oxygen atoms in total. The Kier molecular flexibility index (Phi) is 3.47. The first-order valence-electron chi connectivity index (χ1n) is 5.58. The van der Waals surface area contributed by atoms with Gasteiger partial charge in [-0.2, -0.15) is 0 Å². The van der Waals surface area contributed by atoms with Gasteiger partial charge in [0, 0.05) is 5.92 Å². The molecule has 0 saturated heterocycles. The summed E-state index contributed by atoms with van der Waals surface area (Å²) >= 11 is 0. The minimum Gasteiger partial charge on any atom is -0.457 e. The molecule has 0 aliphatic rings. The molecule has 1 atom stereocenters. The third-order valence-corrected chi connectivity index (χ3v) is 2.59. The first-order chi connectivity index (χ1) is 8.29. The van der Waals surface area contributed by atoms with E-state index in [0.717, 1.165) is 17.1 Å². The molecule has 1 heteroatoms. The smallest absolute Gasteiger partial charge is 0.127 e. The molecule has 0 amide bonds. The Morgan fingerprint density at radius 2 is 1.71 bits per heavy atom. The predicted octanol–water partition coefficient (Wildman–Crippen LogP) is 4.22. The van der Waals surface area contributed by atoms with Crippen LogP contribution in [0, 0.1) is 12.3 Å². The van der Waals surface area contributed by atoms with Crippen LogP contribution in [0.5, 0.6) is 11.5 Å². The second kappa shape index (κ2) is 5.23. The van der Waals surface area contributed by atoms with E-state index in [1.165, 1.54) is 0 Å². The van der Waals surface area contributed by atoms with Crippen molar-refractivity contribution >= 4 is 0 Å². The summed E-state index contributed by atoms with van der Waals surface area (Å²) in [6.07, 6.45) is 5.42. The van der Waals surface area contributed by atoms with E-state index in [2.05, 4.69) is 5.92 Å². The van der Waals surface area contributed by atoms with Crippen LogP contribution >= 0.6 is 0 Å². The highest BCUT2D eigenvalue weighted by Crippen LogP contribution is 2.24. The average Bonchev–Trinajstić information content (AvgIpc) is 2.39. The minimum atomic E-state index is 0.106. The normalized spacial score (nSPS) is 11.5. The van der Waals surface area contributed by atoms with Crippen LogP contribution in [-0.4, -0.2) is 0 Å². The molecule has 84 valence electrons. The summed E-state index contributed by atoms with van der Waals surface area (Å²) in [5, 5.41) is 0. The van der Waals surface area contributed by atoms with Gasteiger partial charge < -0.3 is 4.74 Å². The number of terminal acetylenes is 1. The predicted molar refractivity (Wildman–Crippen MR) is 70.2 cm³/mol. The van der Waals surface area contributed by atoms with Crippen molar-refractivity contribution in [2.24, 2.45) is 0 Å². The van der Waals surface area contributed by atoms with E-state index in [9.17, 15) is 0 Å². The fourth-order valence-electron chi connectivity index (χ4n) is 1.57. The molecule has 0 radical (unpaired) electrons. The molecule has 0 saturated carbocycles. The Hall–Kier alpha value is -2.20. The Labute approximate surface area is 102 Å².